The Morgan fingerprint density at radius 2 is 1.94 bits per heavy atom. The predicted molar refractivity (Wildman–Crippen MR) is 125 cm³/mol. The van der Waals surface area contributed by atoms with E-state index in [0.717, 1.165) is 23.3 Å². The van der Waals surface area contributed by atoms with Crippen LogP contribution in [-0.2, 0) is 34.1 Å². The second-order valence-electron chi connectivity index (χ2n) is 8.48. The van der Waals surface area contributed by atoms with Crippen LogP contribution >= 0.6 is 0 Å². The molecule has 1 unspecified atom stereocenters. The van der Waals surface area contributed by atoms with E-state index < -0.39 is 11.7 Å². The van der Waals surface area contributed by atoms with E-state index in [1.54, 1.807) is 11.7 Å². The first-order valence-electron chi connectivity index (χ1n) is 11.3. The van der Waals surface area contributed by atoms with Gasteiger partial charge in [-0.15, -0.1) is 5.10 Å². The number of nitrogens with zero attached hydrogens (tertiary/aromatic N) is 4. The average Bonchev–Trinajstić information content (AvgIpc) is 3.31. The molecule has 10 heteroatoms. The SMILES string of the molecule is COC(=O)C[C@H](c1nnnn1C)C1C=CC(OCc2cccc(-c3ccc(C(F)(F)F)cc3)c2)=CC1. The number of hydrogen-bond donors (Lipinski definition) is 0. The molecule has 0 saturated heterocycles. The lowest BCUT2D eigenvalue weighted by Gasteiger charge is -2.24. The maximum atomic E-state index is 12.8. The van der Waals surface area contributed by atoms with Crippen LogP contribution in [0.4, 0.5) is 13.2 Å². The zero-order chi connectivity index (χ0) is 25.7. The number of allylic oxidation sites excluding steroid dienone is 3. The number of halogens is 3. The molecule has 3 aromatic rings. The van der Waals surface area contributed by atoms with Gasteiger partial charge in [-0.3, -0.25) is 4.79 Å². The highest BCUT2D eigenvalue weighted by atomic mass is 19.4. The summed E-state index contributed by atoms with van der Waals surface area (Å²) in [6, 6.07) is 12.6. The number of aromatic nitrogens is 4. The molecule has 0 radical (unpaired) electrons. The van der Waals surface area contributed by atoms with E-state index in [1.165, 1.54) is 19.2 Å². The Morgan fingerprint density at radius 3 is 2.56 bits per heavy atom. The molecule has 4 rings (SSSR count). The molecule has 36 heavy (non-hydrogen) atoms. The molecular weight excluding hydrogens is 473 g/mol. The summed E-state index contributed by atoms with van der Waals surface area (Å²) >= 11 is 0. The summed E-state index contributed by atoms with van der Waals surface area (Å²) in [5.41, 5.74) is 1.71. The fraction of sp³-hybridized carbons (Fsp3) is 0.308. The summed E-state index contributed by atoms with van der Waals surface area (Å²) in [5.74, 6) is 0.707. The number of methoxy groups -OCH3 is 1. The average molecular weight is 499 g/mol. The fourth-order valence-electron chi connectivity index (χ4n) is 4.13. The smallest absolute Gasteiger partial charge is 0.416 e. The predicted octanol–water partition coefficient (Wildman–Crippen LogP) is 5.22. The van der Waals surface area contributed by atoms with Gasteiger partial charge < -0.3 is 9.47 Å². The second kappa shape index (κ2) is 10.8. The number of benzene rings is 2. The molecule has 7 nitrogen and oxygen atoms in total. The summed E-state index contributed by atoms with van der Waals surface area (Å²) < 4.78 is 50.9. The molecular formula is C26H25F3N4O3. The minimum absolute atomic E-state index is 0.0100. The molecule has 1 heterocycles. The Labute approximate surface area is 206 Å². The van der Waals surface area contributed by atoms with Crippen molar-refractivity contribution in [3.8, 4) is 11.1 Å². The molecule has 0 aliphatic heterocycles. The zero-order valence-corrected chi connectivity index (χ0v) is 19.8. The van der Waals surface area contributed by atoms with Crippen molar-refractivity contribution >= 4 is 5.97 Å². The highest BCUT2D eigenvalue weighted by Crippen LogP contribution is 2.34. The largest absolute Gasteiger partial charge is 0.489 e. The molecule has 0 spiro atoms. The van der Waals surface area contributed by atoms with E-state index in [1.807, 2.05) is 42.5 Å². The normalized spacial score (nSPS) is 16.4. The van der Waals surface area contributed by atoms with Crippen LogP contribution in [0, 0.1) is 5.92 Å². The summed E-state index contributed by atoms with van der Waals surface area (Å²) in [7, 11) is 3.08. The topological polar surface area (TPSA) is 79.1 Å². The molecule has 188 valence electrons. The molecule has 0 N–H and O–H groups in total. The van der Waals surface area contributed by atoms with E-state index in [-0.39, 0.29) is 24.2 Å². The maximum absolute atomic E-state index is 12.8. The van der Waals surface area contributed by atoms with Crippen molar-refractivity contribution in [1.82, 2.24) is 20.2 Å². The van der Waals surface area contributed by atoms with Gasteiger partial charge in [0.25, 0.3) is 0 Å². The lowest BCUT2D eigenvalue weighted by molar-refractivity contribution is -0.141. The van der Waals surface area contributed by atoms with Crippen LogP contribution in [0.1, 0.15) is 35.7 Å². The van der Waals surface area contributed by atoms with Gasteiger partial charge in [0.2, 0.25) is 0 Å². The number of esters is 1. The van der Waals surface area contributed by atoms with E-state index in [4.69, 9.17) is 9.47 Å². The van der Waals surface area contributed by atoms with Crippen molar-refractivity contribution in [3.63, 3.8) is 0 Å². The quantitative estimate of drug-likeness (QED) is 0.396. The third-order valence-corrected chi connectivity index (χ3v) is 6.09. The van der Waals surface area contributed by atoms with Gasteiger partial charge in [-0.05, 0) is 69.8 Å². The highest BCUT2D eigenvalue weighted by molar-refractivity contribution is 5.70. The minimum Gasteiger partial charge on any atom is -0.489 e. The van der Waals surface area contributed by atoms with Gasteiger partial charge in [-0.2, -0.15) is 13.2 Å². The number of alkyl halides is 3. The van der Waals surface area contributed by atoms with Crippen molar-refractivity contribution in [2.24, 2.45) is 13.0 Å². The molecule has 2 aromatic carbocycles. The number of rotatable bonds is 8. The summed E-state index contributed by atoms with van der Waals surface area (Å²) in [4.78, 5) is 12.0. The van der Waals surface area contributed by atoms with Gasteiger partial charge in [0, 0.05) is 13.0 Å². The van der Waals surface area contributed by atoms with E-state index >= 15 is 0 Å². The third-order valence-electron chi connectivity index (χ3n) is 6.09. The molecule has 1 aliphatic carbocycles. The van der Waals surface area contributed by atoms with Crippen LogP contribution < -0.4 is 0 Å². The summed E-state index contributed by atoms with van der Waals surface area (Å²) in [6.45, 7) is 0.300. The summed E-state index contributed by atoms with van der Waals surface area (Å²) in [6.07, 6.45) is 2.22. The lowest BCUT2D eigenvalue weighted by Crippen LogP contribution is -2.21. The zero-order valence-electron chi connectivity index (χ0n) is 19.8. The molecule has 1 aliphatic rings. The Balaban J connectivity index is 1.39. The van der Waals surface area contributed by atoms with Gasteiger partial charge in [-0.1, -0.05) is 36.4 Å². The first-order chi connectivity index (χ1) is 17.2. The van der Waals surface area contributed by atoms with Crippen molar-refractivity contribution in [2.45, 2.75) is 31.5 Å². The van der Waals surface area contributed by atoms with Crippen molar-refractivity contribution in [2.75, 3.05) is 7.11 Å². The molecule has 1 aromatic heterocycles. The molecule has 0 fully saturated rings. The van der Waals surface area contributed by atoms with Crippen LogP contribution in [-0.4, -0.2) is 33.3 Å². The number of carbonyl (C=O) groups is 1. The van der Waals surface area contributed by atoms with Gasteiger partial charge >= 0.3 is 12.1 Å². The molecule has 0 amide bonds. The van der Waals surface area contributed by atoms with Crippen LogP contribution in [0.3, 0.4) is 0 Å². The van der Waals surface area contributed by atoms with Crippen molar-refractivity contribution in [3.05, 3.63) is 89.5 Å². The van der Waals surface area contributed by atoms with Crippen LogP contribution in [0.15, 0.2) is 72.5 Å². The Hall–Kier alpha value is -3.95. The van der Waals surface area contributed by atoms with Gasteiger partial charge in [0.1, 0.15) is 12.4 Å². The molecule has 0 saturated carbocycles. The highest BCUT2D eigenvalue weighted by Gasteiger charge is 2.30. The number of ether oxygens (including phenoxy) is 2. The van der Waals surface area contributed by atoms with E-state index in [9.17, 15) is 18.0 Å². The van der Waals surface area contributed by atoms with Crippen LogP contribution in [0.2, 0.25) is 0 Å². The Kier molecular flexibility index (Phi) is 7.52. The number of tetrazole rings is 1. The number of carbonyl (C=O) groups excluding carboxylic acids is 1. The lowest BCUT2D eigenvalue weighted by atomic mass is 9.84. The molecule has 0 bridgehead atoms. The monoisotopic (exact) mass is 498 g/mol. The van der Waals surface area contributed by atoms with Gasteiger partial charge in [0.05, 0.1) is 19.1 Å². The van der Waals surface area contributed by atoms with E-state index in [0.29, 0.717) is 30.2 Å². The minimum atomic E-state index is -4.36. The number of hydrogen-bond acceptors (Lipinski definition) is 6. The first kappa shape index (κ1) is 25.2. The Bertz CT molecular complexity index is 1270. The summed E-state index contributed by atoms with van der Waals surface area (Å²) in [5, 5.41) is 11.6. The van der Waals surface area contributed by atoms with Crippen molar-refractivity contribution < 1.29 is 27.4 Å². The van der Waals surface area contributed by atoms with Crippen molar-refractivity contribution in [1.29, 1.82) is 0 Å². The Morgan fingerprint density at radius 1 is 1.17 bits per heavy atom. The van der Waals surface area contributed by atoms with Gasteiger partial charge in [0.15, 0.2) is 5.82 Å². The van der Waals surface area contributed by atoms with Crippen LogP contribution in [0.5, 0.6) is 0 Å². The maximum Gasteiger partial charge on any atom is 0.416 e. The van der Waals surface area contributed by atoms with Gasteiger partial charge in [-0.25, -0.2) is 4.68 Å². The number of aryl methyl sites for hydroxylation is 1. The standard InChI is InChI=1S/C26H25F3N4O3/c1-33-25(30-31-32-33)23(15-24(34)35-2)19-8-12-22(13-9-19)36-16-17-4-3-5-20(14-17)18-6-10-21(11-7-18)26(27,28)29/h3-8,10-14,19,23H,9,15-16H2,1-2H3/t19?,23-/m0/s1. The fourth-order valence-corrected chi connectivity index (χ4v) is 4.13. The van der Waals surface area contributed by atoms with E-state index in [2.05, 4.69) is 15.5 Å². The molecule has 2 atom stereocenters. The third kappa shape index (κ3) is 5.99. The second-order valence-corrected chi connectivity index (χ2v) is 8.48. The van der Waals surface area contributed by atoms with Crippen LogP contribution in [0.25, 0.3) is 11.1 Å². The first-order valence-corrected chi connectivity index (χ1v) is 11.3.